The number of hydrogen-bond acceptors (Lipinski definition) is 3. The number of fused-ring (bicyclic) bond motifs is 1. The Bertz CT molecular complexity index is 231. The Morgan fingerprint density at radius 1 is 1.27 bits per heavy atom. The van der Waals surface area contributed by atoms with Crippen LogP contribution in [0.5, 0.6) is 0 Å². The Kier molecular flexibility index (Phi) is 4.01. The van der Waals surface area contributed by atoms with Gasteiger partial charge >= 0.3 is 5.97 Å². The first-order chi connectivity index (χ1) is 6.65. The molecule has 0 unspecified atom stereocenters. The topological polar surface area (TPSA) is 52.3 Å². The van der Waals surface area contributed by atoms with E-state index in [1.165, 1.54) is 32.8 Å². The molecule has 2 fully saturated rings. The molecule has 2 atom stereocenters. The van der Waals surface area contributed by atoms with E-state index in [0.717, 1.165) is 12.8 Å². The van der Waals surface area contributed by atoms with Crippen LogP contribution in [0, 0.1) is 11.8 Å². The first-order valence-corrected chi connectivity index (χ1v) is 5.53. The van der Waals surface area contributed by atoms with Crippen LogP contribution < -0.4 is 5.73 Å². The van der Waals surface area contributed by atoms with Crippen molar-refractivity contribution < 1.29 is 9.53 Å². The molecule has 0 spiro atoms. The molecule has 3 nitrogen and oxygen atoms in total. The predicted molar refractivity (Wildman–Crippen MR) is 60.9 cm³/mol. The monoisotopic (exact) mass is 233 g/mol. The van der Waals surface area contributed by atoms with Gasteiger partial charge in [-0.15, -0.1) is 12.4 Å². The fraction of sp³-hybridized carbons (Fsp3) is 0.909. The van der Waals surface area contributed by atoms with E-state index in [2.05, 4.69) is 0 Å². The molecule has 0 aromatic rings. The number of esters is 1. The van der Waals surface area contributed by atoms with Crippen LogP contribution >= 0.6 is 12.4 Å². The summed E-state index contributed by atoms with van der Waals surface area (Å²) in [5.74, 6) is 1.13. The fourth-order valence-electron chi connectivity index (χ4n) is 3.21. The Hall–Kier alpha value is -0.280. The van der Waals surface area contributed by atoms with Crippen molar-refractivity contribution in [2.45, 2.75) is 44.1 Å². The van der Waals surface area contributed by atoms with Gasteiger partial charge in [-0.1, -0.05) is 25.7 Å². The lowest BCUT2D eigenvalue weighted by Gasteiger charge is -2.23. The first-order valence-electron chi connectivity index (χ1n) is 5.53. The van der Waals surface area contributed by atoms with Crippen molar-refractivity contribution in [2.75, 3.05) is 7.11 Å². The van der Waals surface area contributed by atoms with Gasteiger partial charge in [0.05, 0.1) is 7.11 Å². The molecule has 4 heteroatoms. The molecule has 0 heterocycles. The number of hydrogen-bond donors (Lipinski definition) is 1. The third kappa shape index (κ3) is 2.28. The normalized spacial score (nSPS) is 32.7. The summed E-state index contributed by atoms with van der Waals surface area (Å²) in [6.45, 7) is 0. The van der Waals surface area contributed by atoms with Crippen LogP contribution in [0.3, 0.4) is 0 Å². The van der Waals surface area contributed by atoms with Gasteiger partial charge in [-0.3, -0.25) is 4.79 Å². The zero-order valence-electron chi connectivity index (χ0n) is 9.20. The number of methoxy groups -OCH3 is 1. The summed E-state index contributed by atoms with van der Waals surface area (Å²) in [6.07, 6.45) is 6.78. The summed E-state index contributed by atoms with van der Waals surface area (Å²) in [5, 5.41) is 0. The Morgan fingerprint density at radius 2 is 1.73 bits per heavy atom. The van der Waals surface area contributed by atoms with Crippen molar-refractivity contribution in [1.29, 1.82) is 0 Å². The molecule has 0 radical (unpaired) electrons. The standard InChI is InChI=1S/C11H19NO2.ClH/c1-14-10(13)11(12)6-8-4-2-3-5-9(8)7-11;/h8-9H,2-7,12H2,1H3;1H/t8-,9-;/m0./s1. The summed E-state index contributed by atoms with van der Waals surface area (Å²) in [4.78, 5) is 11.5. The Morgan fingerprint density at radius 3 is 2.13 bits per heavy atom. The molecule has 0 aromatic carbocycles. The number of carbonyl (C=O) groups excluding carboxylic acids is 1. The summed E-state index contributed by atoms with van der Waals surface area (Å²) in [7, 11) is 1.43. The Labute approximate surface area is 97.1 Å². The molecule has 2 rings (SSSR count). The molecule has 0 amide bonds. The maximum absolute atomic E-state index is 11.5. The van der Waals surface area contributed by atoms with E-state index >= 15 is 0 Å². The quantitative estimate of drug-likeness (QED) is 0.704. The smallest absolute Gasteiger partial charge is 0.325 e. The number of carbonyl (C=O) groups is 1. The molecular formula is C11H20ClNO2. The van der Waals surface area contributed by atoms with Gasteiger partial charge < -0.3 is 10.5 Å². The van der Waals surface area contributed by atoms with Gasteiger partial charge in [0.25, 0.3) is 0 Å². The number of nitrogens with two attached hydrogens (primary N) is 1. The van der Waals surface area contributed by atoms with Gasteiger partial charge in [-0.25, -0.2) is 0 Å². The lowest BCUT2D eigenvalue weighted by atomic mass is 9.82. The van der Waals surface area contributed by atoms with Gasteiger partial charge in [0, 0.05) is 0 Å². The van der Waals surface area contributed by atoms with Crippen LogP contribution in [0.4, 0.5) is 0 Å². The minimum absolute atomic E-state index is 0. The average molecular weight is 234 g/mol. The molecule has 15 heavy (non-hydrogen) atoms. The third-order valence-corrected chi connectivity index (χ3v) is 3.91. The van der Waals surface area contributed by atoms with Crippen molar-refractivity contribution in [3.63, 3.8) is 0 Å². The minimum Gasteiger partial charge on any atom is -0.468 e. The van der Waals surface area contributed by atoms with E-state index in [9.17, 15) is 4.79 Å². The van der Waals surface area contributed by atoms with Crippen molar-refractivity contribution in [3.8, 4) is 0 Å². The van der Waals surface area contributed by atoms with E-state index in [-0.39, 0.29) is 18.4 Å². The summed E-state index contributed by atoms with van der Waals surface area (Å²) in [5.41, 5.74) is 5.43. The van der Waals surface area contributed by atoms with E-state index in [1.54, 1.807) is 0 Å². The predicted octanol–water partition coefficient (Wildman–Crippen LogP) is 1.88. The second-order valence-electron chi connectivity index (χ2n) is 4.86. The lowest BCUT2D eigenvalue weighted by Crippen LogP contribution is -2.46. The third-order valence-electron chi connectivity index (χ3n) is 3.91. The van der Waals surface area contributed by atoms with E-state index in [1.807, 2.05) is 0 Å². The second-order valence-corrected chi connectivity index (χ2v) is 4.86. The molecule has 0 bridgehead atoms. The van der Waals surface area contributed by atoms with Crippen molar-refractivity contribution >= 4 is 18.4 Å². The van der Waals surface area contributed by atoms with Crippen LogP contribution in [-0.2, 0) is 9.53 Å². The van der Waals surface area contributed by atoms with Crippen molar-refractivity contribution in [2.24, 2.45) is 17.6 Å². The summed E-state index contributed by atoms with van der Waals surface area (Å²) < 4.78 is 4.78. The number of ether oxygens (including phenoxy) is 1. The SMILES string of the molecule is COC(=O)C1(N)C[C@@H]2CCCC[C@H]2C1.Cl. The van der Waals surface area contributed by atoms with Crippen LogP contribution in [0.1, 0.15) is 38.5 Å². The molecule has 88 valence electrons. The van der Waals surface area contributed by atoms with Crippen LogP contribution in [0.15, 0.2) is 0 Å². The van der Waals surface area contributed by atoms with Crippen molar-refractivity contribution in [1.82, 2.24) is 0 Å². The highest BCUT2D eigenvalue weighted by Gasteiger charge is 2.48. The van der Waals surface area contributed by atoms with Gasteiger partial charge in [0.15, 0.2) is 0 Å². The number of halogens is 1. The highest BCUT2D eigenvalue weighted by Crippen LogP contribution is 2.46. The van der Waals surface area contributed by atoms with Gasteiger partial charge in [-0.2, -0.15) is 0 Å². The minimum atomic E-state index is -0.672. The van der Waals surface area contributed by atoms with Crippen LogP contribution in [-0.4, -0.2) is 18.6 Å². The van der Waals surface area contributed by atoms with Gasteiger partial charge in [0.1, 0.15) is 5.54 Å². The lowest BCUT2D eigenvalue weighted by molar-refractivity contribution is -0.147. The molecule has 2 saturated carbocycles. The molecule has 2 aliphatic rings. The highest BCUT2D eigenvalue weighted by atomic mass is 35.5. The van der Waals surface area contributed by atoms with E-state index in [0.29, 0.717) is 11.8 Å². The zero-order chi connectivity index (χ0) is 10.2. The molecular weight excluding hydrogens is 214 g/mol. The largest absolute Gasteiger partial charge is 0.468 e. The molecule has 0 aromatic heterocycles. The van der Waals surface area contributed by atoms with Crippen LogP contribution in [0.2, 0.25) is 0 Å². The highest BCUT2D eigenvalue weighted by molar-refractivity contribution is 5.85. The number of rotatable bonds is 1. The average Bonchev–Trinajstić information content (AvgIpc) is 2.54. The van der Waals surface area contributed by atoms with E-state index < -0.39 is 5.54 Å². The Balaban J connectivity index is 0.00000112. The second kappa shape index (κ2) is 4.71. The maximum Gasteiger partial charge on any atom is 0.325 e. The first kappa shape index (κ1) is 12.8. The molecule has 0 aliphatic heterocycles. The molecule has 2 aliphatic carbocycles. The van der Waals surface area contributed by atoms with Crippen LogP contribution in [0.25, 0.3) is 0 Å². The summed E-state index contributed by atoms with van der Waals surface area (Å²) >= 11 is 0. The zero-order valence-corrected chi connectivity index (χ0v) is 10.0. The fourth-order valence-corrected chi connectivity index (χ4v) is 3.21. The van der Waals surface area contributed by atoms with E-state index in [4.69, 9.17) is 10.5 Å². The van der Waals surface area contributed by atoms with Gasteiger partial charge in [0.2, 0.25) is 0 Å². The maximum atomic E-state index is 11.5. The van der Waals surface area contributed by atoms with Gasteiger partial charge in [-0.05, 0) is 24.7 Å². The molecule has 2 N–H and O–H groups in total. The summed E-state index contributed by atoms with van der Waals surface area (Å²) in [6, 6.07) is 0. The van der Waals surface area contributed by atoms with Crippen molar-refractivity contribution in [3.05, 3.63) is 0 Å². The molecule has 0 saturated heterocycles.